The van der Waals surface area contributed by atoms with Crippen molar-refractivity contribution in [2.75, 3.05) is 0 Å². The summed E-state index contributed by atoms with van der Waals surface area (Å²) in [6.07, 6.45) is 4.60. The van der Waals surface area contributed by atoms with Crippen molar-refractivity contribution in [2.24, 2.45) is 0 Å². The van der Waals surface area contributed by atoms with Crippen LogP contribution in [0.5, 0.6) is 0 Å². The molecule has 2 aromatic rings. The molecule has 5 heteroatoms. The zero-order valence-electron chi connectivity index (χ0n) is 8.62. The quantitative estimate of drug-likeness (QED) is 0.569. The standard InChI is InChI=1S/C11H9N3O2/c1-8-6-10(9-2-4-12-5-3-9)13-7-11(8)14(15)16/h2-7H,1H3. The van der Waals surface area contributed by atoms with Gasteiger partial charge in [0.25, 0.3) is 5.69 Å². The minimum Gasteiger partial charge on any atom is -0.265 e. The van der Waals surface area contributed by atoms with Crippen molar-refractivity contribution in [2.45, 2.75) is 6.92 Å². The van der Waals surface area contributed by atoms with Crippen LogP contribution in [0.3, 0.4) is 0 Å². The summed E-state index contributed by atoms with van der Waals surface area (Å²) < 4.78 is 0. The minimum absolute atomic E-state index is 0.0396. The molecule has 0 aliphatic carbocycles. The Morgan fingerprint density at radius 1 is 1.31 bits per heavy atom. The van der Waals surface area contributed by atoms with Gasteiger partial charge >= 0.3 is 0 Å². The number of nitro groups is 1. The normalized spacial score (nSPS) is 10.1. The van der Waals surface area contributed by atoms with Gasteiger partial charge < -0.3 is 0 Å². The summed E-state index contributed by atoms with van der Waals surface area (Å²) in [5.74, 6) is 0. The van der Waals surface area contributed by atoms with Crippen LogP contribution in [0.1, 0.15) is 5.56 Å². The van der Waals surface area contributed by atoms with Crippen molar-refractivity contribution in [3.05, 3.63) is 52.5 Å². The number of hydrogen-bond donors (Lipinski definition) is 0. The molecule has 0 atom stereocenters. The molecule has 0 amide bonds. The third-order valence-corrected chi connectivity index (χ3v) is 2.26. The van der Waals surface area contributed by atoms with Gasteiger partial charge in [-0.1, -0.05) is 0 Å². The third kappa shape index (κ3) is 1.88. The van der Waals surface area contributed by atoms with E-state index in [0.29, 0.717) is 11.3 Å². The molecule has 0 fully saturated rings. The van der Waals surface area contributed by atoms with Crippen LogP contribution in [-0.4, -0.2) is 14.9 Å². The van der Waals surface area contributed by atoms with E-state index in [9.17, 15) is 10.1 Å². The van der Waals surface area contributed by atoms with E-state index in [1.165, 1.54) is 6.20 Å². The topological polar surface area (TPSA) is 68.9 Å². The Labute approximate surface area is 91.9 Å². The fraction of sp³-hybridized carbons (Fsp3) is 0.0909. The summed E-state index contributed by atoms with van der Waals surface area (Å²) in [6.45, 7) is 1.70. The molecule has 0 aliphatic heterocycles. The lowest BCUT2D eigenvalue weighted by atomic mass is 10.1. The van der Waals surface area contributed by atoms with Gasteiger partial charge in [0.1, 0.15) is 6.20 Å². The number of hydrogen-bond acceptors (Lipinski definition) is 4. The van der Waals surface area contributed by atoms with E-state index >= 15 is 0 Å². The smallest absolute Gasteiger partial charge is 0.265 e. The lowest BCUT2D eigenvalue weighted by molar-refractivity contribution is -0.385. The second-order valence-electron chi connectivity index (χ2n) is 3.35. The summed E-state index contributed by atoms with van der Waals surface area (Å²) in [5, 5.41) is 10.6. The molecule has 0 aromatic carbocycles. The summed E-state index contributed by atoms with van der Waals surface area (Å²) in [6, 6.07) is 5.33. The average Bonchev–Trinajstić information content (AvgIpc) is 2.29. The van der Waals surface area contributed by atoms with Crippen LogP contribution in [0, 0.1) is 17.0 Å². The molecule has 5 nitrogen and oxygen atoms in total. The lowest BCUT2D eigenvalue weighted by Gasteiger charge is -2.01. The fourth-order valence-electron chi connectivity index (χ4n) is 1.42. The number of aromatic nitrogens is 2. The average molecular weight is 215 g/mol. The van der Waals surface area contributed by atoms with Crippen LogP contribution in [0.15, 0.2) is 36.8 Å². The second-order valence-corrected chi connectivity index (χ2v) is 3.35. The van der Waals surface area contributed by atoms with Gasteiger partial charge in [-0.15, -0.1) is 0 Å². The van der Waals surface area contributed by atoms with Crippen molar-refractivity contribution in [3.63, 3.8) is 0 Å². The highest BCUT2D eigenvalue weighted by molar-refractivity contribution is 5.60. The van der Waals surface area contributed by atoms with Gasteiger partial charge in [0.05, 0.1) is 10.6 Å². The van der Waals surface area contributed by atoms with Crippen molar-refractivity contribution in [3.8, 4) is 11.3 Å². The van der Waals surface area contributed by atoms with E-state index in [4.69, 9.17) is 0 Å². The highest BCUT2D eigenvalue weighted by atomic mass is 16.6. The largest absolute Gasteiger partial charge is 0.290 e. The molecule has 2 aromatic heterocycles. The van der Waals surface area contributed by atoms with Crippen LogP contribution in [0.25, 0.3) is 11.3 Å². The molecule has 0 N–H and O–H groups in total. The lowest BCUT2D eigenvalue weighted by Crippen LogP contribution is -1.94. The Morgan fingerprint density at radius 2 is 2.00 bits per heavy atom. The van der Waals surface area contributed by atoms with Crippen molar-refractivity contribution < 1.29 is 4.92 Å². The molecular formula is C11H9N3O2. The van der Waals surface area contributed by atoms with Crippen molar-refractivity contribution >= 4 is 5.69 Å². The Kier molecular flexibility index (Phi) is 2.59. The molecule has 0 radical (unpaired) electrons. The van der Waals surface area contributed by atoms with Crippen LogP contribution in [0.4, 0.5) is 5.69 Å². The number of aryl methyl sites for hydroxylation is 1. The first-order valence-corrected chi connectivity index (χ1v) is 4.70. The van der Waals surface area contributed by atoms with Gasteiger partial charge in [0.2, 0.25) is 0 Å². The molecule has 0 saturated heterocycles. The Hall–Kier alpha value is -2.30. The highest BCUT2D eigenvalue weighted by Gasteiger charge is 2.11. The van der Waals surface area contributed by atoms with Gasteiger partial charge in [0, 0.05) is 23.5 Å². The molecule has 80 valence electrons. The first-order chi connectivity index (χ1) is 7.68. The first-order valence-electron chi connectivity index (χ1n) is 4.70. The van der Waals surface area contributed by atoms with Crippen LogP contribution >= 0.6 is 0 Å². The van der Waals surface area contributed by atoms with Crippen LogP contribution < -0.4 is 0 Å². The molecule has 16 heavy (non-hydrogen) atoms. The van der Waals surface area contributed by atoms with Gasteiger partial charge in [-0.2, -0.15) is 0 Å². The maximum atomic E-state index is 10.6. The predicted molar refractivity (Wildman–Crippen MR) is 58.9 cm³/mol. The van der Waals surface area contributed by atoms with Crippen LogP contribution in [-0.2, 0) is 0 Å². The molecule has 0 unspecified atom stereocenters. The molecular weight excluding hydrogens is 206 g/mol. The van der Waals surface area contributed by atoms with Crippen molar-refractivity contribution in [1.29, 1.82) is 0 Å². The van der Waals surface area contributed by atoms with Gasteiger partial charge in [-0.25, -0.2) is 4.98 Å². The monoisotopic (exact) mass is 215 g/mol. The number of pyridine rings is 2. The third-order valence-electron chi connectivity index (χ3n) is 2.26. The van der Waals surface area contributed by atoms with Crippen molar-refractivity contribution in [1.82, 2.24) is 9.97 Å². The van der Waals surface area contributed by atoms with E-state index in [1.807, 2.05) is 12.1 Å². The van der Waals surface area contributed by atoms with Gasteiger partial charge in [-0.3, -0.25) is 15.1 Å². The van der Waals surface area contributed by atoms with E-state index < -0.39 is 4.92 Å². The van der Waals surface area contributed by atoms with Gasteiger partial charge in [-0.05, 0) is 25.1 Å². The molecule has 0 bridgehead atoms. The summed E-state index contributed by atoms with van der Waals surface area (Å²) >= 11 is 0. The second kappa shape index (κ2) is 4.06. The first kappa shape index (κ1) is 10.2. The number of rotatable bonds is 2. The fourth-order valence-corrected chi connectivity index (χ4v) is 1.42. The van der Waals surface area contributed by atoms with E-state index in [1.54, 1.807) is 25.4 Å². The maximum Gasteiger partial charge on any atom is 0.290 e. The summed E-state index contributed by atoms with van der Waals surface area (Å²) in [5.41, 5.74) is 2.25. The molecule has 2 rings (SSSR count). The minimum atomic E-state index is -0.432. The van der Waals surface area contributed by atoms with Gasteiger partial charge in [0.15, 0.2) is 0 Å². The van der Waals surface area contributed by atoms with Crippen LogP contribution in [0.2, 0.25) is 0 Å². The maximum absolute atomic E-state index is 10.6. The molecule has 2 heterocycles. The van der Waals surface area contributed by atoms with E-state index in [0.717, 1.165) is 5.56 Å². The molecule has 0 aliphatic rings. The highest BCUT2D eigenvalue weighted by Crippen LogP contribution is 2.22. The Morgan fingerprint density at radius 3 is 2.56 bits per heavy atom. The summed E-state index contributed by atoms with van der Waals surface area (Å²) in [4.78, 5) is 18.2. The predicted octanol–water partition coefficient (Wildman–Crippen LogP) is 2.36. The van der Waals surface area contributed by atoms with E-state index in [2.05, 4.69) is 9.97 Å². The SMILES string of the molecule is Cc1cc(-c2ccncc2)ncc1[N+](=O)[O-]. The zero-order chi connectivity index (χ0) is 11.5. The molecule has 0 saturated carbocycles. The zero-order valence-corrected chi connectivity index (χ0v) is 8.62. The number of nitrogens with zero attached hydrogens (tertiary/aromatic N) is 3. The summed E-state index contributed by atoms with van der Waals surface area (Å²) in [7, 11) is 0. The Balaban J connectivity index is 2.46. The van der Waals surface area contributed by atoms with E-state index in [-0.39, 0.29) is 5.69 Å². The Bertz CT molecular complexity index is 526. The molecule has 0 spiro atoms.